The zero-order chi connectivity index (χ0) is 12.1. The van der Waals surface area contributed by atoms with Crippen molar-refractivity contribution in [3.05, 3.63) is 53.7 Å². The Hall–Kier alpha value is -1.65. The van der Waals surface area contributed by atoms with Gasteiger partial charge in [0.1, 0.15) is 11.9 Å². The second kappa shape index (κ2) is 5.61. The smallest absolute Gasteiger partial charge is 0.133 e. The maximum Gasteiger partial charge on any atom is 0.133 e. The highest BCUT2D eigenvalue weighted by atomic mass is 16.4. The Balaban J connectivity index is 1.82. The highest BCUT2D eigenvalue weighted by Gasteiger charge is 2.09. The van der Waals surface area contributed by atoms with Crippen LogP contribution in [0.3, 0.4) is 0 Å². The van der Waals surface area contributed by atoms with Crippen LogP contribution in [0.1, 0.15) is 23.0 Å². The van der Waals surface area contributed by atoms with Crippen LogP contribution in [0.2, 0.25) is 0 Å². The van der Waals surface area contributed by atoms with Crippen molar-refractivity contribution in [2.24, 2.45) is 0 Å². The summed E-state index contributed by atoms with van der Waals surface area (Å²) in [5, 5.41) is 13.0. The van der Waals surface area contributed by atoms with Gasteiger partial charge in [0.25, 0.3) is 0 Å². The average Bonchev–Trinajstić information content (AvgIpc) is 2.85. The van der Waals surface area contributed by atoms with Crippen molar-refractivity contribution in [2.45, 2.75) is 19.6 Å². The molecular formula is C13H16N2O2. The van der Waals surface area contributed by atoms with Crippen molar-refractivity contribution in [2.75, 3.05) is 6.54 Å². The fraction of sp³-hybridized carbons (Fsp3) is 0.308. The maximum atomic E-state index is 9.78. The fourth-order valence-corrected chi connectivity index (χ4v) is 1.61. The first-order valence-corrected chi connectivity index (χ1v) is 5.59. The van der Waals surface area contributed by atoms with Crippen molar-refractivity contribution >= 4 is 0 Å². The average molecular weight is 232 g/mol. The first-order valence-electron chi connectivity index (χ1n) is 5.59. The summed E-state index contributed by atoms with van der Waals surface area (Å²) in [7, 11) is 0. The van der Waals surface area contributed by atoms with Gasteiger partial charge in [-0.05, 0) is 36.2 Å². The highest BCUT2D eigenvalue weighted by molar-refractivity contribution is 5.21. The molecule has 0 aromatic carbocycles. The molecule has 0 amide bonds. The number of hydrogen-bond donors (Lipinski definition) is 2. The molecule has 4 heteroatoms. The molecule has 0 radical (unpaired) electrons. The lowest BCUT2D eigenvalue weighted by molar-refractivity contribution is 0.147. The lowest BCUT2D eigenvalue weighted by Crippen LogP contribution is -2.21. The molecule has 0 saturated carbocycles. The SMILES string of the molecule is Cc1ccncc1CNCC(O)c1ccco1. The number of nitrogens with one attached hydrogen (secondary N) is 1. The van der Waals surface area contributed by atoms with Gasteiger partial charge < -0.3 is 14.8 Å². The Morgan fingerprint density at radius 1 is 1.47 bits per heavy atom. The van der Waals surface area contributed by atoms with Gasteiger partial charge in [0.05, 0.1) is 6.26 Å². The molecule has 0 spiro atoms. The highest BCUT2D eigenvalue weighted by Crippen LogP contribution is 2.12. The van der Waals surface area contributed by atoms with Crippen molar-refractivity contribution < 1.29 is 9.52 Å². The van der Waals surface area contributed by atoms with E-state index < -0.39 is 6.10 Å². The van der Waals surface area contributed by atoms with Crippen LogP contribution in [0, 0.1) is 6.92 Å². The molecule has 2 aromatic rings. The van der Waals surface area contributed by atoms with E-state index in [1.807, 2.05) is 19.2 Å². The van der Waals surface area contributed by atoms with E-state index in [1.54, 1.807) is 24.6 Å². The van der Waals surface area contributed by atoms with Crippen LogP contribution in [0.5, 0.6) is 0 Å². The van der Waals surface area contributed by atoms with Gasteiger partial charge in [0, 0.05) is 25.5 Å². The standard InChI is InChI=1S/C13H16N2O2/c1-10-4-5-14-7-11(10)8-15-9-12(16)13-3-2-6-17-13/h2-7,12,15-16H,8-9H2,1H3. The molecule has 17 heavy (non-hydrogen) atoms. The van der Waals surface area contributed by atoms with E-state index >= 15 is 0 Å². The van der Waals surface area contributed by atoms with Crippen LogP contribution in [0.25, 0.3) is 0 Å². The molecule has 1 atom stereocenters. The minimum absolute atomic E-state index is 0.460. The van der Waals surface area contributed by atoms with Crippen LogP contribution in [0.4, 0.5) is 0 Å². The zero-order valence-corrected chi connectivity index (χ0v) is 9.76. The van der Waals surface area contributed by atoms with Gasteiger partial charge in [-0.25, -0.2) is 0 Å². The molecular weight excluding hydrogens is 216 g/mol. The fourth-order valence-electron chi connectivity index (χ4n) is 1.61. The number of pyridine rings is 1. The Morgan fingerprint density at radius 2 is 2.35 bits per heavy atom. The topological polar surface area (TPSA) is 58.3 Å². The van der Waals surface area contributed by atoms with E-state index in [9.17, 15) is 5.11 Å². The van der Waals surface area contributed by atoms with Crippen LogP contribution >= 0.6 is 0 Å². The maximum absolute atomic E-state index is 9.78. The van der Waals surface area contributed by atoms with Crippen LogP contribution in [0.15, 0.2) is 41.3 Å². The molecule has 0 fully saturated rings. The molecule has 1 unspecified atom stereocenters. The lowest BCUT2D eigenvalue weighted by atomic mass is 10.1. The third kappa shape index (κ3) is 3.15. The lowest BCUT2D eigenvalue weighted by Gasteiger charge is -2.10. The predicted molar refractivity (Wildman–Crippen MR) is 64.3 cm³/mol. The van der Waals surface area contributed by atoms with E-state index in [-0.39, 0.29) is 0 Å². The Kier molecular flexibility index (Phi) is 3.90. The Bertz CT molecular complexity index is 454. The van der Waals surface area contributed by atoms with Gasteiger partial charge in [0.2, 0.25) is 0 Å². The summed E-state index contributed by atoms with van der Waals surface area (Å²) in [5.74, 6) is 0.584. The number of aromatic nitrogens is 1. The summed E-state index contributed by atoms with van der Waals surface area (Å²) < 4.78 is 5.12. The minimum atomic E-state index is -0.609. The quantitative estimate of drug-likeness (QED) is 0.825. The largest absolute Gasteiger partial charge is 0.467 e. The van der Waals surface area contributed by atoms with E-state index in [4.69, 9.17) is 4.42 Å². The number of rotatable bonds is 5. The number of furan rings is 1. The van der Waals surface area contributed by atoms with Crippen molar-refractivity contribution in [3.63, 3.8) is 0 Å². The number of aliphatic hydroxyl groups excluding tert-OH is 1. The summed E-state index contributed by atoms with van der Waals surface area (Å²) in [4.78, 5) is 4.07. The summed E-state index contributed by atoms with van der Waals surface area (Å²) in [5.41, 5.74) is 2.33. The van der Waals surface area contributed by atoms with E-state index in [0.29, 0.717) is 18.8 Å². The van der Waals surface area contributed by atoms with Crippen LogP contribution in [-0.2, 0) is 6.54 Å². The van der Waals surface area contributed by atoms with Crippen molar-refractivity contribution in [1.29, 1.82) is 0 Å². The predicted octanol–water partition coefficient (Wildman–Crippen LogP) is 1.81. The van der Waals surface area contributed by atoms with Gasteiger partial charge >= 0.3 is 0 Å². The van der Waals surface area contributed by atoms with Gasteiger partial charge in [-0.3, -0.25) is 4.98 Å². The normalized spacial score (nSPS) is 12.6. The van der Waals surface area contributed by atoms with E-state index in [1.165, 1.54) is 5.56 Å². The summed E-state index contributed by atoms with van der Waals surface area (Å²) in [6, 6.07) is 5.51. The first kappa shape index (κ1) is 11.8. The second-order valence-electron chi connectivity index (χ2n) is 3.96. The van der Waals surface area contributed by atoms with Gasteiger partial charge in [-0.2, -0.15) is 0 Å². The molecule has 0 aliphatic heterocycles. The van der Waals surface area contributed by atoms with Crippen LogP contribution < -0.4 is 5.32 Å². The van der Waals surface area contributed by atoms with Crippen molar-refractivity contribution in [1.82, 2.24) is 10.3 Å². The molecule has 2 rings (SSSR count). The molecule has 4 nitrogen and oxygen atoms in total. The molecule has 0 aliphatic rings. The summed E-state index contributed by atoms with van der Waals surface area (Å²) >= 11 is 0. The monoisotopic (exact) mass is 232 g/mol. The second-order valence-corrected chi connectivity index (χ2v) is 3.96. The van der Waals surface area contributed by atoms with Gasteiger partial charge in [-0.15, -0.1) is 0 Å². The first-order chi connectivity index (χ1) is 8.27. The Morgan fingerprint density at radius 3 is 3.06 bits per heavy atom. The van der Waals surface area contributed by atoms with E-state index in [2.05, 4.69) is 10.3 Å². The molecule has 90 valence electrons. The Labute approximate surface area is 100 Å². The third-order valence-corrected chi connectivity index (χ3v) is 2.67. The molecule has 2 aromatic heterocycles. The molecule has 0 bridgehead atoms. The minimum Gasteiger partial charge on any atom is -0.467 e. The summed E-state index contributed by atoms with van der Waals surface area (Å²) in [6.45, 7) is 3.20. The number of aryl methyl sites for hydroxylation is 1. The van der Waals surface area contributed by atoms with Gasteiger partial charge in [0.15, 0.2) is 0 Å². The molecule has 2 N–H and O–H groups in total. The molecule has 0 aliphatic carbocycles. The van der Waals surface area contributed by atoms with Crippen LogP contribution in [-0.4, -0.2) is 16.6 Å². The third-order valence-electron chi connectivity index (χ3n) is 2.67. The number of nitrogens with zero attached hydrogens (tertiary/aromatic N) is 1. The zero-order valence-electron chi connectivity index (χ0n) is 9.76. The number of hydrogen-bond acceptors (Lipinski definition) is 4. The van der Waals surface area contributed by atoms with Gasteiger partial charge in [-0.1, -0.05) is 0 Å². The van der Waals surface area contributed by atoms with E-state index in [0.717, 1.165) is 5.56 Å². The molecule has 2 heterocycles. The molecule has 0 saturated heterocycles. The number of aliphatic hydroxyl groups is 1. The summed E-state index contributed by atoms with van der Waals surface area (Å²) in [6.07, 6.45) is 4.56. The van der Waals surface area contributed by atoms with Crippen molar-refractivity contribution in [3.8, 4) is 0 Å².